The fraction of sp³-hybridized carbons (Fsp3) is 0.690. The van der Waals surface area contributed by atoms with Crippen LogP contribution >= 0.6 is 11.8 Å². The summed E-state index contributed by atoms with van der Waals surface area (Å²) in [5.41, 5.74) is 0.999. The van der Waals surface area contributed by atoms with Gasteiger partial charge in [0, 0.05) is 56.0 Å². The first-order valence-electron chi connectivity index (χ1n) is 14.5. The van der Waals surface area contributed by atoms with Gasteiger partial charge in [0.25, 0.3) is 0 Å². The second-order valence-corrected chi connectivity index (χ2v) is 10.1. The molecule has 0 spiro atoms. The fourth-order valence-electron chi connectivity index (χ4n) is 4.33. The third kappa shape index (κ3) is 11.0. The molecule has 1 aromatic rings. The maximum atomic E-state index is 13.5. The largest absolute Gasteiger partial charge is 0.380 e. The lowest BCUT2D eigenvalue weighted by atomic mass is 10.2. The Hall–Kier alpha value is -1.97. The Kier molecular flexibility index (Phi) is 16.2. The van der Waals surface area contributed by atoms with Crippen LogP contribution in [0.2, 0.25) is 0 Å². The van der Waals surface area contributed by atoms with Crippen molar-refractivity contribution in [2.45, 2.75) is 72.5 Å². The Balaban J connectivity index is 0.00000247. The van der Waals surface area contributed by atoms with Crippen LogP contribution in [0.5, 0.6) is 0 Å². The minimum atomic E-state index is -0.752. The van der Waals surface area contributed by atoms with E-state index in [2.05, 4.69) is 35.1 Å². The van der Waals surface area contributed by atoms with Gasteiger partial charge in [-0.05, 0) is 57.4 Å². The van der Waals surface area contributed by atoms with Crippen LogP contribution in [0.15, 0.2) is 40.2 Å². The van der Waals surface area contributed by atoms with Crippen molar-refractivity contribution in [1.82, 2.24) is 15.2 Å². The Bertz CT molecular complexity index is 863. The summed E-state index contributed by atoms with van der Waals surface area (Å²) in [6, 6.07) is 4.44. The Labute approximate surface area is 234 Å². The van der Waals surface area contributed by atoms with E-state index in [0.717, 1.165) is 86.7 Å². The van der Waals surface area contributed by atoms with E-state index >= 15 is 0 Å². The van der Waals surface area contributed by atoms with Gasteiger partial charge in [0.1, 0.15) is 17.8 Å². The standard InChI is InChI=1S/C27H43FN6OS.C2H6/c1-4-15-33(16-7-12-29-24(5-2)21-35-6-3)26-11-18-36-27(31-14-13-30-26)22-8-9-25(32-19-22)34-17-10-23(28)20-34;1-2/h8-9,11,13,19,23-24,29H,4-7,10,12,14-18,20-21H2,1-3H3;1-2H3/b26-11+,30-13-,31-27?;. The van der Waals surface area contributed by atoms with Gasteiger partial charge in [-0.3, -0.25) is 4.99 Å². The van der Waals surface area contributed by atoms with Crippen LogP contribution < -0.4 is 10.2 Å². The van der Waals surface area contributed by atoms with Crippen LogP contribution in [0.4, 0.5) is 10.2 Å². The number of hydrogen-bond acceptors (Lipinski definition) is 8. The summed E-state index contributed by atoms with van der Waals surface area (Å²) in [5, 5.41) is 4.59. The summed E-state index contributed by atoms with van der Waals surface area (Å²) in [6.45, 7) is 16.6. The van der Waals surface area contributed by atoms with E-state index in [1.54, 1.807) is 11.8 Å². The van der Waals surface area contributed by atoms with Crippen molar-refractivity contribution in [3.8, 4) is 0 Å². The van der Waals surface area contributed by atoms with Gasteiger partial charge in [0.15, 0.2) is 0 Å². The van der Waals surface area contributed by atoms with Crippen LogP contribution in [0.3, 0.4) is 0 Å². The first-order chi connectivity index (χ1) is 18.6. The van der Waals surface area contributed by atoms with Gasteiger partial charge in [0.2, 0.25) is 0 Å². The molecule has 2 unspecified atom stereocenters. The second kappa shape index (κ2) is 19.1. The van der Waals surface area contributed by atoms with Crippen LogP contribution in [0, 0.1) is 0 Å². The molecule has 214 valence electrons. The van der Waals surface area contributed by atoms with Crippen molar-refractivity contribution in [2.24, 2.45) is 9.98 Å². The minimum absolute atomic E-state index is 0.415. The van der Waals surface area contributed by atoms with Gasteiger partial charge in [-0.15, -0.1) is 11.8 Å². The molecule has 0 saturated carbocycles. The van der Waals surface area contributed by atoms with E-state index in [4.69, 9.17) is 14.7 Å². The molecule has 0 amide bonds. The molecular formula is C29H49FN6OS. The zero-order valence-electron chi connectivity index (χ0n) is 24.2. The summed E-state index contributed by atoms with van der Waals surface area (Å²) in [7, 11) is 0. The number of nitrogens with zero attached hydrogens (tertiary/aromatic N) is 5. The average molecular weight is 549 g/mol. The molecule has 1 saturated heterocycles. The average Bonchev–Trinajstić information content (AvgIpc) is 3.43. The molecule has 9 heteroatoms. The van der Waals surface area contributed by atoms with Gasteiger partial charge in [-0.1, -0.05) is 27.7 Å². The highest BCUT2D eigenvalue weighted by atomic mass is 32.2. The molecule has 0 aromatic carbocycles. The highest BCUT2D eigenvalue weighted by Gasteiger charge is 2.22. The molecule has 0 aliphatic carbocycles. The number of anilines is 1. The monoisotopic (exact) mass is 548 g/mol. The molecule has 0 bridgehead atoms. The SMILES string of the molecule is CC.CCCN(CCCNC(CC)COCC)C1=C/CSC(c2ccc(N3CCC(F)C3)nc2)=NC/C=N\1. The molecule has 0 radical (unpaired) electrons. The van der Waals surface area contributed by atoms with Crippen molar-refractivity contribution in [3.63, 3.8) is 0 Å². The summed E-state index contributed by atoms with van der Waals surface area (Å²) < 4.78 is 19.1. The van der Waals surface area contributed by atoms with Crippen molar-refractivity contribution >= 4 is 28.8 Å². The van der Waals surface area contributed by atoms with Crippen LogP contribution in [-0.4, -0.2) is 91.6 Å². The van der Waals surface area contributed by atoms with E-state index in [1.165, 1.54) is 0 Å². The van der Waals surface area contributed by atoms with Crippen molar-refractivity contribution in [3.05, 3.63) is 35.8 Å². The molecule has 2 aliphatic heterocycles. The third-order valence-corrected chi connectivity index (χ3v) is 7.32. The lowest BCUT2D eigenvalue weighted by molar-refractivity contribution is 0.121. The Morgan fingerprint density at radius 1 is 1.24 bits per heavy atom. The zero-order chi connectivity index (χ0) is 27.6. The second-order valence-electron chi connectivity index (χ2n) is 9.13. The predicted molar refractivity (Wildman–Crippen MR) is 163 cm³/mol. The van der Waals surface area contributed by atoms with Gasteiger partial charge in [0.05, 0.1) is 24.7 Å². The fourth-order valence-corrected chi connectivity index (χ4v) is 5.17. The van der Waals surface area contributed by atoms with Crippen molar-refractivity contribution in [1.29, 1.82) is 0 Å². The molecule has 1 aromatic heterocycles. The number of hydrogen-bond donors (Lipinski definition) is 1. The summed E-state index contributed by atoms with van der Waals surface area (Å²) >= 11 is 1.71. The van der Waals surface area contributed by atoms with Gasteiger partial charge in [-0.2, -0.15) is 0 Å². The van der Waals surface area contributed by atoms with Crippen molar-refractivity contribution in [2.75, 3.05) is 63.1 Å². The lowest BCUT2D eigenvalue weighted by Crippen LogP contribution is -2.35. The summed E-state index contributed by atoms with van der Waals surface area (Å²) in [5.74, 6) is 2.67. The maximum Gasteiger partial charge on any atom is 0.128 e. The first kappa shape index (κ1) is 32.2. The van der Waals surface area contributed by atoms with E-state index in [1.807, 2.05) is 50.2 Å². The molecule has 3 rings (SSSR count). The molecule has 38 heavy (non-hydrogen) atoms. The number of halogens is 1. The van der Waals surface area contributed by atoms with Crippen LogP contribution in [0.25, 0.3) is 0 Å². The Morgan fingerprint density at radius 3 is 2.74 bits per heavy atom. The number of rotatable bonds is 14. The van der Waals surface area contributed by atoms with Gasteiger partial charge >= 0.3 is 0 Å². The lowest BCUT2D eigenvalue weighted by Gasteiger charge is -2.25. The quantitative estimate of drug-likeness (QED) is 0.307. The Morgan fingerprint density at radius 2 is 2.08 bits per heavy atom. The number of aromatic nitrogens is 1. The highest BCUT2D eigenvalue weighted by Crippen LogP contribution is 2.22. The number of nitrogens with one attached hydrogen (secondary N) is 1. The molecule has 1 N–H and O–H groups in total. The molecule has 1 fully saturated rings. The van der Waals surface area contributed by atoms with Gasteiger partial charge in [-0.25, -0.2) is 14.4 Å². The number of pyridine rings is 1. The minimum Gasteiger partial charge on any atom is -0.380 e. The topological polar surface area (TPSA) is 65.3 Å². The highest BCUT2D eigenvalue weighted by molar-refractivity contribution is 8.14. The smallest absolute Gasteiger partial charge is 0.128 e. The van der Waals surface area contributed by atoms with Gasteiger partial charge < -0.3 is 19.9 Å². The third-order valence-electron chi connectivity index (χ3n) is 6.35. The number of aliphatic imine (C=N–C) groups is 2. The molecule has 3 heterocycles. The maximum absolute atomic E-state index is 13.5. The predicted octanol–water partition coefficient (Wildman–Crippen LogP) is 5.57. The first-order valence-corrected chi connectivity index (χ1v) is 15.4. The van der Waals surface area contributed by atoms with E-state index in [0.29, 0.717) is 25.6 Å². The summed E-state index contributed by atoms with van der Waals surface area (Å²) in [6.07, 6.45) is 9.01. The van der Waals surface area contributed by atoms with E-state index in [-0.39, 0.29) is 0 Å². The molecule has 2 atom stereocenters. The van der Waals surface area contributed by atoms with E-state index in [9.17, 15) is 4.39 Å². The van der Waals surface area contributed by atoms with Crippen LogP contribution in [0.1, 0.15) is 65.9 Å². The van der Waals surface area contributed by atoms with Crippen LogP contribution in [-0.2, 0) is 4.74 Å². The number of alkyl halides is 1. The molecule has 7 nitrogen and oxygen atoms in total. The summed E-state index contributed by atoms with van der Waals surface area (Å²) in [4.78, 5) is 18.5. The van der Waals surface area contributed by atoms with E-state index < -0.39 is 6.17 Å². The normalized spacial score (nSPS) is 20.7. The molecule has 2 aliphatic rings. The zero-order valence-corrected chi connectivity index (χ0v) is 25.0. The number of thioether (sulfide) groups is 1. The molecular weight excluding hydrogens is 499 g/mol. The number of ether oxygens (including phenoxy) is 1. The van der Waals surface area contributed by atoms with Crippen molar-refractivity contribution < 1.29 is 9.13 Å².